The number of nitrogens with zero attached hydrogens (tertiary/aromatic N) is 1. The highest BCUT2D eigenvalue weighted by Gasteiger charge is 2.14. The van der Waals surface area contributed by atoms with Gasteiger partial charge in [-0.05, 0) is 42.8 Å². The summed E-state index contributed by atoms with van der Waals surface area (Å²) in [7, 11) is 1.61. The van der Waals surface area contributed by atoms with Crippen molar-refractivity contribution < 1.29 is 19.1 Å². The Morgan fingerprint density at radius 3 is 2.33 bits per heavy atom. The zero-order valence-electron chi connectivity index (χ0n) is 16.0. The van der Waals surface area contributed by atoms with Gasteiger partial charge in [-0.1, -0.05) is 18.2 Å². The number of carbonyl (C=O) groups is 2. The third-order valence-electron chi connectivity index (χ3n) is 4.10. The minimum Gasteiger partial charge on any atom is -0.497 e. The van der Waals surface area contributed by atoms with Gasteiger partial charge < -0.3 is 19.7 Å². The molecule has 27 heavy (non-hydrogen) atoms. The first-order valence-corrected chi connectivity index (χ1v) is 8.88. The van der Waals surface area contributed by atoms with E-state index < -0.39 is 0 Å². The Labute approximate surface area is 160 Å². The summed E-state index contributed by atoms with van der Waals surface area (Å²) in [6, 6.07) is 14.9. The van der Waals surface area contributed by atoms with Crippen LogP contribution in [0.1, 0.15) is 18.9 Å². The molecule has 0 saturated carbocycles. The molecule has 0 saturated heterocycles. The third-order valence-corrected chi connectivity index (χ3v) is 4.10. The van der Waals surface area contributed by atoms with Crippen LogP contribution in [-0.4, -0.2) is 38.6 Å². The monoisotopic (exact) mass is 370 g/mol. The van der Waals surface area contributed by atoms with Gasteiger partial charge in [-0.15, -0.1) is 0 Å². The molecule has 0 bridgehead atoms. The van der Waals surface area contributed by atoms with Crippen LogP contribution in [0.5, 0.6) is 11.5 Å². The summed E-state index contributed by atoms with van der Waals surface area (Å²) in [5.74, 6) is 1.28. The Bertz CT molecular complexity index is 759. The maximum absolute atomic E-state index is 12.1. The van der Waals surface area contributed by atoms with E-state index in [4.69, 9.17) is 9.47 Å². The Balaban J connectivity index is 1.74. The van der Waals surface area contributed by atoms with Crippen LogP contribution < -0.4 is 19.7 Å². The molecular formula is C21H26N2O4. The molecule has 0 aliphatic heterocycles. The van der Waals surface area contributed by atoms with Crippen molar-refractivity contribution in [1.29, 1.82) is 0 Å². The highest BCUT2D eigenvalue weighted by atomic mass is 16.5. The summed E-state index contributed by atoms with van der Waals surface area (Å²) in [4.78, 5) is 25.6. The molecular weight excluding hydrogens is 344 g/mol. The van der Waals surface area contributed by atoms with Gasteiger partial charge in [0.05, 0.1) is 13.7 Å². The average molecular weight is 370 g/mol. The van der Waals surface area contributed by atoms with E-state index in [1.807, 2.05) is 55.5 Å². The number of benzene rings is 2. The van der Waals surface area contributed by atoms with Crippen molar-refractivity contribution in [3.8, 4) is 11.5 Å². The number of rotatable bonds is 9. The fourth-order valence-corrected chi connectivity index (χ4v) is 2.65. The number of ether oxygens (including phenoxy) is 2. The van der Waals surface area contributed by atoms with Crippen LogP contribution in [0.25, 0.3) is 0 Å². The summed E-state index contributed by atoms with van der Waals surface area (Å²) >= 11 is 0. The van der Waals surface area contributed by atoms with E-state index in [-0.39, 0.29) is 18.2 Å². The molecule has 2 rings (SSSR count). The largest absolute Gasteiger partial charge is 0.497 e. The standard InChI is InChI=1S/C21H26N2O4/c1-16-6-4-5-7-20(16)23(17(2)24)14-12-21(25)22-13-15-27-19-10-8-18(26-3)9-11-19/h4-11H,12-15H2,1-3H3,(H,22,25). The van der Waals surface area contributed by atoms with Gasteiger partial charge >= 0.3 is 0 Å². The summed E-state index contributed by atoms with van der Waals surface area (Å²) in [6.45, 7) is 4.56. The van der Waals surface area contributed by atoms with Crippen molar-refractivity contribution in [2.75, 3.05) is 31.7 Å². The molecule has 1 N–H and O–H groups in total. The lowest BCUT2D eigenvalue weighted by Gasteiger charge is -2.22. The lowest BCUT2D eigenvalue weighted by Crippen LogP contribution is -2.35. The normalized spacial score (nSPS) is 10.2. The smallest absolute Gasteiger partial charge is 0.223 e. The molecule has 6 nitrogen and oxygen atoms in total. The molecule has 144 valence electrons. The third kappa shape index (κ3) is 6.33. The Hall–Kier alpha value is -3.02. The van der Waals surface area contributed by atoms with E-state index in [1.54, 1.807) is 12.0 Å². The van der Waals surface area contributed by atoms with Crippen LogP contribution in [0.15, 0.2) is 48.5 Å². The predicted octanol–water partition coefficient (Wildman–Crippen LogP) is 2.94. The molecule has 0 aromatic heterocycles. The molecule has 0 atom stereocenters. The molecule has 2 amide bonds. The zero-order valence-corrected chi connectivity index (χ0v) is 16.0. The van der Waals surface area contributed by atoms with Gasteiger partial charge in [-0.3, -0.25) is 9.59 Å². The minimum absolute atomic E-state index is 0.0834. The Morgan fingerprint density at radius 1 is 1.04 bits per heavy atom. The first kappa shape index (κ1) is 20.3. The maximum atomic E-state index is 12.1. The van der Waals surface area contributed by atoms with Gasteiger partial charge in [0.15, 0.2) is 0 Å². The van der Waals surface area contributed by atoms with Crippen molar-refractivity contribution in [2.24, 2.45) is 0 Å². The summed E-state index contributed by atoms with van der Waals surface area (Å²) in [5, 5.41) is 2.81. The van der Waals surface area contributed by atoms with Crippen LogP contribution in [-0.2, 0) is 9.59 Å². The van der Waals surface area contributed by atoms with Crippen molar-refractivity contribution >= 4 is 17.5 Å². The van der Waals surface area contributed by atoms with Crippen LogP contribution >= 0.6 is 0 Å². The van der Waals surface area contributed by atoms with E-state index in [0.29, 0.717) is 25.4 Å². The van der Waals surface area contributed by atoms with E-state index in [9.17, 15) is 9.59 Å². The highest BCUT2D eigenvalue weighted by Crippen LogP contribution is 2.20. The minimum atomic E-state index is -0.117. The number of hydrogen-bond donors (Lipinski definition) is 1. The first-order valence-electron chi connectivity index (χ1n) is 8.88. The number of nitrogens with one attached hydrogen (secondary N) is 1. The number of para-hydroxylation sites is 1. The van der Waals surface area contributed by atoms with E-state index in [2.05, 4.69) is 5.32 Å². The fourth-order valence-electron chi connectivity index (χ4n) is 2.65. The molecule has 0 aliphatic rings. The summed E-state index contributed by atoms with van der Waals surface area (Å²) in [5.41, 5.74) is 1.83. The molecule has 0 radical (unpaired) electrons. The fraction of sp³-hybridized carbons (Fsp3) is 0.333. The van der Waals surface area contributed by atoms with E-state index in [0.717, 1.165) is 17.0 Å². The average Bonchev–Trinajstić information content (AvgIpc) is 2.67. The number of anilines is 1. The summed E-state index contributed by atoms with van der Waals surface area (Å²) < 4.78 is 10.7. The maximum Gasteiger partial charge on any atom is 0.223 e. The lowest BCUT2D eigenvalue weighted by atomic mass is 10.1. The SMILES string of the molecule is COc1ccc(OCCNC(=O)CCN(C(C)=O)c2ccccc2C)cc1. The second-order valence-corrected chi connectivity index (χ2v) is 6.08. The molecule has 0 aliphatic carbocycles. The molecule has 2 aromatic rings. The highest BCUT2D eigenvalue weighted by molar-refractivity contribution is 5.93. The molecule has 0 fully saturated rings. The second-order valence-electron chi connectivity index (χ2n) is 6.08. The molecule has 0 unspecified atom stereocenters. The number of amides is 2. The van der Waals surface area contributed by atoms with E-state index >= 15 is 0 Å². The Kier molecular flexibility index (Phi) is 7.67. The van der Waals surface area contributed by atoms with Gasteiger partial charge in [-0.25, -0.2) is 0 Å². The number of methoxy groups -OCH3 is 1. The second kappa shape index (κ2) is 10.2. The lowest BCUT2D eigenvalue weighted by molar-refractivity contribution is -0.121. The first-order chi connectivity index (χ1) is 13.0. The van der Waals surface area contributed by atoms with Gasteiger partial charge in [0.2, 0.25) is 11.8 Å². The van der Waals surface area contributed by atoms with Gasteiger partial charge in [0.25, 0.3) is 0 Å². The van der Waals surface area contributed by atoms with Crippen LogP contribution in [0.4, 0.5) is 5.69 Å². The van der Waals surface area contributed by atoms with Crippen molar-refractivity contribution in [2.45, 2.75) is 20.3 Å². The number of hydrogen-bond acceptors (Lipinski definition) is 4. The zero-order chi connectivity index (χ0) is 19.6. The topological polar surface area (TPSA) is 67.9 Å². The number of carbonyl (C=O) groups excluding carboxylic acids is 2. The molecule has 0 heterocycles. The molecule has 0 spiro atoms. The van der Waals surface area contributed by atoms with Gasteiger partial charge in [0.1, 0.15) is 18.1 Å². The van der Waals surface area contributed by atoms with Crippen molar-refractivity contribution in [3.05, 3.63) is 54.1 Å². The van der Waals surface area contributed by atoms with Gasteiger partial charge in [0, 0.05) is 25.6 Å². The predicted molar refractivity (Wildman–Crippen MR) is 105 cm³/mol. The molecule has 6 heteroatoms. The van der Waals surface area contributed by atoms with Crippen molar-refractivity contribution in [1.82, 2.24) is 5.32 Å². The Morgan fingerprint density at radius 2 is 1.70 bits per heavy atom. The van der Waals surface area contributed by atoms with E-state index in [1.165, 1.54) is 6.92 Å². The van der Waals surface area contributed by atoms with Gasteiger partial charge in [-0.2, -0.15) is 0 Å². The van der Waals surface area contributed by atoms with Crippen molar-refractivity contribution in [3.63, 3.8) is 0 Å². The molecule has 2 aromatic carbocycles. The van der Waals surface area contributed by atoms with Crippen LogP contribution in [0, 0.1) is 6.92 Å². The number of aryl methyl sites for hydroxylation is 1. The quantitative estimate of drug-likeness (QED) is 0.689. The van der Waals surface area contributed by atoms with Crippen LogP contribution in [0.3, 0.4) is 0 Å². The summed E-state index contributed by atoms with van der Waals surface area (Å²) in [6.07, 6.45) is 0.233. The van der Waals surface area contributed by atoms with Crippen LogP contribution in [0.2, 0.25) is 0 Å².